The van der Waals surface area contributed by atoms with E-state index in [0.717, 1.165) is 34.4 Å². The van der Waals surface area contributed by atoms with E-state index in [1.165, 1.54) is 0 Å². The predicted octanol–water partition coefficient (Wildman–Crippen LogP) is 4.03. The number of nitrogens with zero attached hydrogens (tertiary/aromatic N) is 2. The lowest BCUT2D eigenvalue weighted by atomic mass is 10.1. The van der Waals surface area contributed by atoms with Crippen LogP contribution in [0.25, 0.3) is 10.9 Å². The van der Waals surface area contributed by atoms with Crippen molar-refractivity contribution in [2.45, 2.75) is 13.5 Å². The largest absolute Gasteiger partial charge is 0.380 e. The smallest absolute Gasteiger partial charge is 0.0991 e. The Morgan fingerprint density at radius 3 is 2.62 bits per heavy atom. The number of pyridine rings is 1. The molecule has 0 atom stereocenters. The first kappa shape index (κ1) is 13.1. The first-order valence-corrected chi connectivity index (χ1v) is 6.85. The molecule has 1 N–H and O–H groups in total. The van der Waals surface area contributed by atoms with Crippen molar-refractivity contribution in [1.82, 2.24) is 4.98 Å². The van der Waals surface area contributed by atoms with Crippen LogP contribution in [0.15, 0.2) is 54.6 Å². The minimum atomic E-state index is 0.684. The molecule has 1 heterocycles. The van der Waals surface area contributed by atoms with Crippen LogP contribution in [-0.2, 0) is 6.54 Å². The lowest BCUT2D eigenvalue weighted by molar-refractivity contribution is 1.14. The molecule has 2 aromatic carbocycles. The number of hydrogen-bond donors (Lipinski definition) is 1. The van der Waals surface area contributed by atoms with E-state index in [0.29, 0.717) is 5.56 Å². The number of aromatic nitrogens is 1. The predicted molar refractivity (Wildman–Crippen MR) is 85.0 cm³/mol. The van der Waals surface area contributed by atoms with Crippen LogP contribution >= 0.6 is 0 Å². The van der Waals surface area contributed by atoms with E-state index in [2.05, 4.69) is 28.5 Å². The summed E-state index contributed by atoms with van der Waals surface area (Å²) in [6, 6.07) is 19.9. The second-order valence-corrected chi connectivity index (χ2v) is 4.99. The summed E-state index contributed by atoms with van der Waals surface area (Å²) < 4.78 is 0. The Morgan fingerprint density at radius 1 is 1.10 bits per heavy atom. The van der Waals surface area contributed by atoms with Crippen molar-refractivity contribution in [1.29, 1.82) is 5.26 Å². The van der Waals surface area contributed by atoms with Crippen molar-refractivity contribution >= 4 is 16.6 Å². The lowest BCUT2D eigenvalue weighted by Crippen LogP contribution is -2.01. The van der Waals surface area contributed by atoms with Crippen molar-refractivity contribution in [2.24, 2.45) is 0 Å². The van der Waals surface area contributed by atoms with Crippen molar-refractivity contribution < 1.29 is 0 Å². The second kappa shape index (κ2) is 5.64. The minimum Gasteiger partial charge on any atom is -0.380 e. The summed E-state index contributed by atoms with van der Waals surface area (Å²) >= 11 is 0. The molecule has 0 bridgehead atoms. The Balaban J connectivity index is 1.86. The number of hydrogen-bond acceptors (Lipinski definition) is 3. The molecule has 1 aromatic heterocycles. The van der Waals surface area contributed by atoms with Gasteiger partial charge in [0, 0.05) is 23.3 Å². The van der Waals surface area contributed by atoms with Gasteiger partial charge in [-0.3, -0.25) is 4.98 Å². The van der Waals surface area contributed by atoms with Gasteiger partial charge in [-0.25, -0.2) is 0 Å². The maximum Gasteiger partial charge on any atom is 0.0991 e. The third-order valence-electron chi connectivity index (χ3n) is 3.41. The van der Waals surface area contributed by atoms with Crippen LogP contribution in [-0.4, -0.2) is 4.98 Å². The van der Waals surface area contributed by atoms with Gasteiger partial charge in [0.1, 0.15) is 0 Å². The highest BCUT2D eigenvalue weighted by Gasteiger charge is 2.03. The summed E-state index contributed by atoms with van der Waals surface area (Å²) in [5.41, 5.74) is 4.91. The van der Waals surface area contributed by atoms with Crippen molar-refractivity contribution in [3.8, 4) is 6.07 Å². The van der Waals surface area contributed by atoms with Crippen LogP contribution < -0.4 is 5.32 Å². The van der Waals surface area contributed by atoms with E-state index >= 15 is 0 Å². The van der Waals surface area contributed by atoms with Crippen molar-refractivity contribution in [2.75, 3.05) is 5.32 Å². The average molecular weight is 273 g/mol. The highest BCUT2D eigenvalue weighted by Crippen LogP contribution is 2.23. The van der Waals surface area contributed by atoms with Crippen LogP contribution in [0.2, 0.25) is 0 Å². The third kappa shape index (κ3) is 2.85. The van der Waals surface area contributed by atoms with Crippen LogP contribution in [0.5, 0.6) is 0 Å². The Kier molecular flexibility index (Phi) is 3.53. The Morgan fingerprint density at radius 2 is 1.86 bits per heavy atom. The molecule has 21 heavy (non-hydrogen) atoms. The normalized spacial score (nSPS) is 10.3. The number of anilines is 1. The number of aryl methyl sites for hydroxylation is 1. The van der Waals surface area contributed by atoms with Gasteiger partial charge in [0.05, 0.1) is 17.1 Å². The zero-order valence-corrected chi connectivity index (χ0v) is 11.8. The minimum absolute atomic E-state index is 0.684. The standard InChI is InChI=1S/C18H15N3/c1-13-10-18(16-4-2-3-5-17(16)21-13)20-12-15-8-6-14(11-19)7-9-15/h2-10H,12H2,1H3,(H,20,21). The first-order chi connectivity index (χ1) is 10.3. The maximum atomic E-state index is 8.81. The number of rotatable bonds is 3. The molecule has 0 amide bonds. The summed E-state index contributed by atoms with van der Waals surface area (Å²) in [5, 5.41) is 13.4. The van der Waals surface area contributed by atoms with E-state index < -0.39 is 0 Å². The van der Waals surface area contributed by atoms with Crippen LogP contribution in [0.4, 0.5) is 5.69 Å². The molecule has 0 spiro atoms. The number of fused-ring (bicyclic) bond motifs is 1. The molecular weight excluding hydrogens is 258 g/mol. The zero-order chi connectivity index (χ0) is 14.7. The van der Waals surface area contributed by atoms with Crippen LogP contribution in [0, 0.1) is 18.3 Å². The molecule has 3 heteroatoms. The van der Waals surface area contributed by atoms with Gasteiger partial charge in [0.15, 0.2) is 0 Å². The van der Waals surface area contributed by atoms with E-state index in [-0.39, 0.29) is 0 Å². The van der Waals surface area contributed by atoms with Gasteiger partial charge >= 0.3 is 0 Å². The fourth-order valence-electron chi connectivity index (χ4n) is 2.35. The van der Waals surface area contributed by atoms with E-state index in [1.54, 1.807) is 0 Å². The Labute approximate surface area is 123 Å². The maximum absolute atomic E-state index is 8.81. The van der Waals surface area contributed by atoms with Gasteiger partial charge in [-0.2, -0.15) is 5.26 Å². The van der Waals surface area contributed by atoms with Gasteiger partial charge in [0.2, 0.25) is 0 Å². The molecule has 3 nitrogen and oxygen atoms in total. The molecule has 0 aliphatic rings. The monoisotopic (exact) mass is 273 g/mol. The van der Waals surface area contributed by atoms with E-state index in [9.17, 15) is 0 Å². The van der Waals surface area contributed by atoms with E-state index in [4.69, 9.17) is 5.26 Å². The molecule has 0 radical (unpaired) electrons. The number of nitriles is 1. The summed E-state index contributed by atoms with van der Waals surface area (Å²) in [6.45, 7) is 2.72. The molecule has 3 rings (SSSR count). The lowest BCUT2D eigenvalue weighted by Gasteiger charge is -2.11. The quantitative estimate of drug-likeness (QED) is 0.783. The fourth-order valence-corrected chi connectivity index (χ4v) is 2.35. The summed E-state index contributed by atoms with van der Waals surface area (Å²) in [6.07, 6.45) is 0. The van der Waals surface area contributed by atoms with Crippen LogP contribution in [0.1, 0.15) is 16.8 Å². The van der Waals surface area contributed by atoms with Gasteiger partial charge in [-0.05, 0) is 36.8 Å². The second-order valence-electron chi connectivity index (χ2n) is 4.99. The molecule has 3 aromatic rings. The Bertz CT molecular complexity index is 814. The molecule has 0 fully saturated rings. The zero-order valence-electron chi connectivity index (χ0n) is 11.8. The number of para-hydroxylation sites is 1. The van der Waals surface area contributed by atoms with Gasteiger partial charge < -0.3 is 5.32 Å². The molecule has 0 saturated heterocycles. The third-order valence-corrected chi connectivity index (χ3v) is 3.41. The van der Waals surface area contributed by atoms with Gasteiger partial charge in [-0.15, -0.1) is 0 Å². The molecule has 102 valence electrons. The number of nitrogens with one attached hydrogen (secondary N) is 1. The molecule has 0 saturated carbocycles. The first-order valence-electron chi connectivity index (χ1n) is 6.85. The van der Waals surface area contributed by atoms with Crippen molar-refractivity contribution in [3.63, 3.8) is 0 Å². The van der Waals surface area contributed by atoms with Crippen LogP contribution in [0.3, 0.4) is 0 Å². The fraction of sp³-hybridized carbons (Fsp3) is 0.111. The Hall–Kier alpha value is -2.86. The molecular formula is C18H15N3. The summed E-state index contributed by atoms with van der Waals surface area (Å²) in [4.78, 5) is 4.54. The summed E-state index contributed by atoms with van der Waals surface area (Å²) in [7, 11) is 0. The molecule has 0 unspecified atom stereocenters. The van der Waals surface area contributed by atoms with E-state index in [1.807, 2.05) is 49.4 Å². The average Bonchev–Trinajstić information content (AvgIpc) is 2.53. The highest BCUT2D eigenvalue weighted by molar-refractivity contribution is 5.91. The summed E-state index contributed by atoms with van der Waals surface area (Å²) in [5.74, 6) is 0. The van der Waals surface area contributed by atoms with Crippen molar-refractivity contribution in [3.05, 3.63) is 71.4 Å². The van der Waals surface area contributed by atoms with Gasteiger partial charge in [-0.1, -0.05) is 30.3 Å². The number of benzene rings is 2. The molecule has 0 aliphatic carbocycles. The van der Waals surface area contributed by atoms with Gasteiger partial charge in [0.25, 0.3) is 0 Å². The molecule has 0 aliphatic heterocycles. The highest BCUT2D eigenvalue weighted by atomic mass is 14.9. The SMILES string of the molecule is Cc1cc(NCc2ccc(C#N)cc2)c2ccccc2n1. The topological polar surface area (TPSA) is 48.7 Å².